The van der Waals surface area contributed by atoms with Crippen LogP contribution >= 0.6 is 0 Å². The molecule has 140 valence electrons. The maximum Gasteiger partial charge on any atom is 0.162 e. The lowest BCUT2D eigenvalue weighted by atomic mass is 10.1. The van der Waals surface area contributed by atoms with Gasteiger partial charge in [-0.15, -0.1) is 0 Å². The van der Waals surface area contributed by atoms with E-state index in [0.29, 0.717) is 12.4 Å². The van der Waals surface area contributed by atoms with Crippen molar-refractivity contribution in [3.63, 3.8) is 0 Å². The largest absolute Gasteiger partial charge is 0.497 e. The Hall–Kier alpha value is -3.60. The first kappa shape index (κ1) is 17.8. The molecule has 0 bridgehead atoms. The number of rotatable bonds is 5. The van der Waals surface area contributed by atoms with Crippen LogP contribution < -0.4 is 14.8 Å². The Morgan fingerprint density at radius 2 is 1.57 bits per heavy atom. The molecule has 0 aromatic heterocycles. The number of hydrogen-bond donors (Lipinski definition) is 1. The van der Waals surface area contributed by atoms with E-state index in [0.717, 1.165) is 39.8 Å². The molecule has 0 aliphatic carbocycles. The molecule has 3 aromatic rings. The summed E-state index contributed by atoms with van der Waals surface area (Å²) in [6.07, 6.45) is 0. The van der Waals surface area contributed by atoms with Crippen LogP contribution in [-0.4, -0.2) is 25.4 Å². The third-order valence-corrected chi connectivity index (χ3v) is 4.37. The predicted octanol–water partition coefficient (Wildman–Crippen LogP) is 5.04. The number of methoxy groups -OCH3 is 1. The topological polar surface area (TPSA) is 55.2 Å². The summed E-state index contributed by atoms with van der Waals surface area (Å²) in [6.45, 7) is 2.61. The lowest BCUT2D eigenvalue weighted by Crippen LogP contribution is -2.15. The van der Waals surface area contributed by atoms with Gasteiger partial charge >= 0.3 is 0 Å². The Morgan fingerprint density at radius 3 is 2.29 bits per heavy atom. The molecular weight excluding hydrogens is 350 g/mol. The van der Waals surface area contributed by atoms with Gasteiger partial charge in [-0.3, -0.25) is 0 Å². The van der Waals surface area contributed by atoms with Crippen LogP contribution in [0, 0.1) is 0 Å². The number of nitrogens with zero attached hydrogens (tertiary/aromatic N) is 2. The van der Waals surface area contributed by atoms with E-state index in [4.69, 9.17) is 19.5 Å². The van der Waals surface area contributed by atoms with Crippen LogP contribution in [0.15, 0.2) is 82.8 Å². The van der Waals surface area contributed by atoms with Gasteiger partial charge in [0.25, 0.3) is 0 Å². The van der Waals surface area contributed by atoms with Gasteiger partial charge in [-0.25, -0.2) is 9.98 Å². The average molecular weight is 371 g/mol. The standard InChI is InChI=1S/C23H21N3O2/c1-3-28-18-11-9-17(10-12-18)23-25-21-15-19(27-2)13-14-20(21)24-22(26-23)16-7-5-4-6-8-16/h4-15H,3H2,1-2H3,(H,24,25,26). The number of amidine groups is 2. The van der Waals surface area contributed by atoms with Gasteiger partial charge in [0.15, 0.2) is 5.84 Å². The third-order valence-electron chi connectivity index (χ3n) is 4.37. The minimum absolute atomic E-state index is 0.635. The quantitative estimate of drug-likeness (QED) is 0.683. The van der Waals surface area contributed by atoms with Crippen molar-refractivity contribution in [3.05, 3.63) is 83.9 Å². The van der Waals surface area contributed by atoms with Crippen molar-refractivity contribution in [1.82, 2.24) is 0 Å². The van der Waals surface area contributed by atoms with Gasteiger partial charge < -0.3 is 14.8 Å². The van der Waals surface area contributed by atoms with Crippen LogP contribution in [0.3, 0.4) is 0 Å². The molecule has 0 amide bonds. The predicted molar refractivity (Wildman–Crippen MR) is 113 cm³/mol. The molecule has 3 aromatic carbocycles. The van der Waals surface area contributed by atoms with E-state index in [-0.39, 0.29) is 0 Å². The number of ether oxygens (including phenoxy) is 2. The molecule has 4 rings (SSSR count). The summed E-state index contributed by atoms with van der Waals surface area (Å²) in [5, 5.41) is 3.42. The maximum absolute atomic E-state index is 5.55. The first-order chi connectivity index (χ1) is 13.8. The number of benzene rings is 3. The van der Waals surface area contributed by atoms with Gasteiger partial charge in [-0.05, 0) is 43.3 Å². The van der Waals surface area contributed by atoms with Crippen molar-refractivity contribution >= 4 is 23.0 Å². The van der Waals surface area contributed by atoms with E-state index < -0.39 is 0 Å². The fraction of sp³-hybridized carbons (Fsp3) is 0.130. The molecule has 0 unspecified atom stereocenters. The Kier molecular flexibility index (Phi) is 5.06. The Bertz CT molecular complexity index is 1030. The molecule has 0 fully saturated rings. The molecule has 5 heteroatoms. The van der Waals surface area contributed by atoms with E-state index in [1.807, 2.05) is 79.7 Å². The number of fused-ring (bicyclic) bond motifs is 1. The SMILES string of the molecule is CCOc1ccc(C2=NC(c3ccccc3)=Nc3ccc(OC)cc3N2)cc1. The third kappa shape index (κ3) is 3.74. The number of hydrogen-bond acceptors (Lipinski definition) is 5. The highest BCUT2D eigenvalue weighted by molar-refractivity contribution is 6.19. The van der Waals surface area contributed by atoms with Crippen molar-refractivity contribution in [2.75, 3.05) is 19.0 Å². The summed E-state index contributed by atoms with van der Waals surface area (Å²) in [4.78, 5) is 9.63. The highest BCUT2D eigenvalue weighted by Crippen LogP contribution is 2.32. The van der Waals surface area contributed by atoms with Crippen LogP contribution in [-0.2, 0) is 0 Å². The Morgan fingerprint density at radius 1 is 0.821 bits per heavy atom. The molecule has 28 heavy (non-hydrogen) atoms. The lowest BCUT2D eigenvalue weighted by Gasteiger charge is -2.11. The molecule has 0 radical (unpaired) electrons. The molecule has 0 spiro atoms. The van der Waals surface area contributed by atoms with Crippen molar-refractivity contribution in [2.24, 2.45) is 9.98 Å². The van der Waals surface area contributed by atoms with E-state index >= 15 is 0 Å². The molecule has 1 aliphatic rings. The zero-order valence-corrected chi connectivity index (χ0v) is 15.8. The smallest absolute Gasteiger partial charge is 0.162 e. The fourth-order valence-electron chi connectivity index (χ4n) is 2.97. The molecule has 5 nitrogen and oxygen atoms in total. The van der Waals surface area contributed by atoms with Crippen molar-refractivity contribution in [1.29, 1.82) is 0 Å². The summed E-state index contributed by atoms with van der Waals surface area (Å²) < 4.78 is 10.9. The first-order valence-corrected chi connectivity index (χ1v) is 9.18. The minimum Gasteiger partial charge on any atom is -0.497 e. The zero-order chi connectivity index (χ0) is 19.3. The van der Waals surface area contributed by atoms with Crippen molar-refractivity contribution < 1.29 is 9.47 Å². The summed E-state index contributed by atoms with van der Waals surface area (Å²) in [5.41, 5.74) is 3.56. The second-order valence-electron chi connectivity index (χ2n) is 6.23. The van der Waals surface area contributed by atoms with Gasteiger partial charge in [-0.1, -0.05) is 30.3 Å². The van der Waals surface area contributed by atoms with Gasteiger partial charge in [-0.2, -0.15) is 0 Å². The summed E-state index contributed by atoms with van der Waals surface area (Å²) in [7, 11) is 1.65. The highest BCUT2D eigenvalue weighted by Gasteiger charge is 2.16. The van der Waals surface area contributed by atoms with Gasteiger partial charge in [0.1, 0.15) is 17.3 Å². The Labute approximate surface area is 164 Å². The molecule has 1 heterocycles. The van der Waals surface area contributed by atoms with Gasteiger partial charge in [0, 0.05) is 17.2 Å². The van der Waals surface area contributed by atoms with Crippen LogP contribution in [0.4, 0.5) is 11.4 Å². The van der Waals surface area contributed by atoms with Crippen molar-refractivity contribution in [3.8, 4) is 11.5 Å². The van der Waals surface area contributed by atoms with Crippen molar-refractivity contribution in [2.45, 2.75) is 6.92 Å². The Balaban J connectivity index is 1.80. The maximum atomic E-state index is 5.55. The van der Waals surface area contributed by atoms with E-state index in [1.165, 1.54) is 0 Å². The average Bonchev–Trinajstić information content (AvgIpc) is 2.94. The highest BCUT2D eigenvalue weighted by atomic mass is 16.5. The molecule has 0 atom stereocenters. The van der Waals surface area contributed by atoms with Gasteiger partial charge in [0.05, 0.1) is 25.1 Å². The van der Waals surface area contributed by atoms with Crippen LogP contribution in [0.5, 0.6) is 11.5 Å². The number of anilines is 1. The number of nitrogens with one attached hydrogen (secondary N) is 1. The first-order valence-electron chi connectivity index (χ1n) is 9.18. The monoisotopic (exact) mass is 371 g/mol. The molecule has 0 saturated heterocycles. The van der Waals surface area contributed by atoms with E-state index in [9.17, 15) is 0 Å². The summed E-state index contributed by atoms with van der Waals surface area (Å²) >= 11 is 0. The zero-order valence-electron chi connectivity index (χ0n) is 15.8. The lowest BCUT2D eigenvalue weighted by molar-refractivity contribution is 0.340. The normalized spacial score (nSPS) is 12.8. The molecule has 1 aliphatic heterocycles. The van der Waals surface area contributed by atoms with Crippen LogP contribution in [0.1, 0.15) is 18.1 Å². The van der Waals surface area contributed by atoms with E-state index in [2.05, 4.69) is 5.32 Å². The van der Waals surface area contributed by atoms with Crippen LogP contribution in [0.25, 0.3) is 0 Å². The van der Waals surface area contributed by atoms with E-state index in [1.54, 1.807) is 7.11 Å². The summed E-state index contributed by atoms with van der Waals surface area (Å²) in [6, 6.07) is 23.6. The molecule has 0 saturated carbocycles. The van der Waals surface area contributed by atoms with Crippen LogP contribution in [0.2, 0.25) is 0 Å². The fourth-order valence-corrected chi connectivity index (χ4v) is 2.97. The van der Waals surface area contributed by atoms with Gasteiger partial charge in [0.2, 0.25) is 0 Å². The second kappa shape index (κ2) is 7.96. The summed E-state index contributed by atoms with van der Waals surface area (Å²) in [5.74, 6) is 2.97. The number of aliphatic imine (C=N–C) groups is 2. The molecule has 1 N–H and O–H groups in total. The molecular formula is C23H21N3O2. The minimum atomic E-state index is 0.635. The second-order valence-corrected chi connectivity index (χ2v) is 6.23.